The van der Waals surface area contributed by atoms with E-state index in [4.69, 9.17) is 0 Å². The highest BCUT2D eigenvalue weighted by atomic mass is 15.2. The molecule has 20 heavy (non-hydrogen) atoms. The topological polar surface area (TPSA) is 37.8 Å². The van der Waals surface area contributed by atoms with E-state index in [0.717, 1.165) is 28.0 Å². The van der Waals surface area contributed by atoms with Crippen LogP contribution < -0.4 is 5.32 Å². The Balaban J connectivity index is 2.11. The molecular weight excluding hydrogens is 246 g/mol. The monoisotopic (exact) mass is 263 g/mol. The molecule has 3 nitrogen and oxygen atoms in total. The maximum atomic E-state index is 4.31. The van der Waals surface area contributed by atoms with Gasteiger partial charge in [0.15, 0.2) is 5.82 Å². The molecular formula is C17H17N3. The van der Waals surface area contributed by atoms with Gasteiger partial charge in [0.05, 0.1) is 5.69 Å². The van der Waals surface area contributed by atoms with Gasteiger partial charge in [-0.2, -0.15) is 5.10 Å². The Morgan fingerprint density at radius 1 is 0.850 bits per heavy atom. The lowest BCUT2D eigenvalue weighted by Crippen LogP contribution is -2.00. The Labute approximate surface area is 118 Å². The van der Waals surface area contributed by atoms with Crippen LogP contribution in [0.4, 0.5) is 11.5 Å². The molecule has 0 fully saturated rings. The zero-order valence-corrected chi connectivity index (χ0v) is 11.9. The van der Waals surface area contributed by atoms with Gasteiger partial charge in [0, 0.05) is 16.5 Å². The van der Waals surface area contributed by atoms with E-state index in [1.807, 2.05) is 19.1 Å². The van der Waals surface area contributed by atoms with Crippen molar-refractivity contribution in [1.82, 2.24) is 10.2 Å². The largest absolute Gasteiger partial charge is 0.338 e. The third-order valence-electron chi connectivity index (χ3n) is 3.52. The first kappa shape index (κ1) is 12.6. The van der Waals surface area contributed by atoms with Gasteiger partial charge < -0.3 is 5.32 Å². The predicted octanol–water partition coefficient (Wildman–Crippen LogP) is 4.30. The van der Waals surface area contributed by atoms with Gasteiger partial charge in [-0.1, -0.05) is 36.4 Å². The molecule has 0 saturated carbocycles. The fourth-order valence-corrected chi connectivity index (χ4v) is 2.33. The van der Waals surface area contributed by atoms with Crippen molar-refractivity contribution in [2.24, 2.45) is 0 Å². The number of nitrogens with one attached hydrogen (secondary N) is 1. The lowest BCUT2D eigenvalue weighted by atomic mass is 10.1. The summed E-state index contributed by atoms with van der Waals surface area (Å²) in [6.07, 6.45) is 0. The molecule has 3 rings (SSSR count). The lowest BCUT2D eigenvalue weighted by Gasteiger charge is -2.12. The van der Waals surface area contributed by atoms with Crippen LogP contribution in [0.1, 0.15) is 16.8 Å². The summed E-state index contributed by atoms with van der Waals surface area (Å²) in [4.78, 5) is 0. The third-order valence-corrected chi connectivity index (χ3v) is 3.52. The van der Waals surface area contributed by atoms with E-state index in [-0.39, 0.29) is 0 Å². The second kappa shape index (κ2) is 4.93. The van der Waals surface area contributed by atoms with Crippen molar-refractivity contribution in [1.29, 1.82) is 0 Å². The molecule has 100 valence electrons. The molecule has 3 aromatic rings. The molecule has 0 aliphatic carbocycles. The fourth-order valence-electron chi connectivity index (χ4n) is 2.33. The number of hydrogen-bond donors (Lipinski definition) is 1. The number of rotatable bonds is 2. The Kier molecular flexibility index (Phi) is 3.11. The summed E-state index contributed by atoms with van der Waals surface area (Å²) >= 11 is 0. The fraction of sp³-hybridized carbons (Fsp3) is 0.176. The molecule has 1 heterocycles. The van der Waals surface area contributed by atoms with Crippen molar-refractivity contribution in [2.75, 3.05) is 5.32 Å². The first-order valence-electron chi connectivity index (χ1n) is 6.71. The number of benzene rings is 2. The smallest absolute Gasteiger partial charge is 0.160 e. The Bertz CT molecular complexity index is 778. The molecule has 0 saturated heterocycles. The van der Waals surface area contributed by atoms with E-state index in [1.54, 1.807) is 0 Å². The summed E-state index contributed by atoms with van der Waals surface area (Å²) < 4.78 is 0. The average Bonchev–Trinajstić information content (AvgIpc) is 2.46. The van der Waals surface area contributed by atoms with Gasteiger partial charge in [0.25, 0.3) is 0 Å². The number of anilines is 2. The maximum Gasteiger partial charge on any atom is 0.160 e. The van der Waals surface area contributed by atoms with Crippen LogP contribution in [0.3, 0.4) is 0 Å². The molecule has 0 bridgehead atoms. The molecule has 0 aliphatic heterocycles. The minimum absolute atomic E-state index is 0.805. The summed E-state index contributed by atoms with van der Waals surface area (Å²) in [6, 6.07) is 14.6. The van der Waals surface area contributed by atoms with E-state index < -0.39 is 0 Å². The minimum atomic E-state index is 0.805. The van der Waals surface area contributed by atoms with Crippen molar-refractivity contribution in [2.45, 2.75) is 20.8 Å². The van der Waals surface area contributed by atoms with E-state index in [0.29, 0.717) is 0 Å². The zero-order valence-electron chi connectivity index (χ0n) is 11.9. The minimum Gasteiger partial charge on any atom is -0.338 e. The quantitative estimate of drug-likeness (QED) is 0.749. The van der Waals surface area contributed by atoms with Crippen molar-refractivity contribution in [3.8, 4) is 0 Å². The van der Waals surface area contributed by atoms with Gasteiger partial charge >= 0.3 is 0 Å². The van der Waals surface area contributed by atoms with Gasteiger partial charge in [-0.3, -0.25) is 0 Å². The van der Waals surface area contributed by atoms with Crippen molar-refractivity contribution >= 4 is 22.3 Å². The van der Waals surface area contributed by atoms with Gasteiger partial charge in [-0.25, -0.2) is 0 Å². The standard InChI is InChI=1S/C17H17N3/c1-11-8-9-12(2)16(10-11)18-17-15-7-5-4-6-14(15)13(3)19-20-17/h4-10H,1-3H3,(H,18,20). The second-order valence-corrected chi connectivity index (χ2v) is 5.12. The molecule has 1 N–H and O–H groups in total. The lowest BCUT2D eigenvalue weighted by molar-refractivity contribution is 1.01. The summed E-state index contributed by atoms with van der Waals surface area (Å²) in [5.74, 6) is 0.805. The molecule has 0 aliphatic rings. The number of hydrogen-bond acceptors (Lipinski definition) is 3. The average molecular weight is 263 g/mol. The summed E-state index contributed by atoms with van der Waals surface area (Å²) in [7, 11) is 0. The first-order chi connectivity index (χ1) is 9.65. The van der Waals surface area contributed by atoms with Crippen LogP contribution >= 0.6 is 0 Å². The van der Waals surface area contributed by atoms with E-state index in [1.165, 1.54) is 11.1 Å². The summed E-state index contributed by atoms with van der Waals surface area (Å²) in [6.45, 7) is 6.16. The molecule has 3 heteroatoms. The molecule has 0 amide bonds. The molecule has 0 atom stereocenters. The van der Waals surface area contributed by atoms with Crippen LogP contribution in [0, 0.1) is 20.8 Å². The summed E-state index contributed by atoms with van der Waals surface area (Å²) in [5.41, 5.74) is 4.45. The van der Waals surface area contributed by atoms with Crippen LogP contribution in [0.15, 0.2) is 42.5 Å². The number of nitrogens with zero attached hydrogens (tertiary/aromatic N) is 2. The van der Waals surface area contributed by atoms with Crippen LogP contribution in [-0.2, 0) is 0 Å². The van der Waals surface area contributed by atoms with Crippen molar-refractivity contribution < 1.29 is 0 Å². The zero-order chi connectivity index (χ0) is 14.1. The van der Waals surface area contributed by atoms with Gasteiger partial charge in [0.1, 0.15) is 0 Å². The number of aryl methyl sites for hydroxylation is 3. The molecule has 0 radical (unpaired) electrons. The highest BCUT2D eigenvalue weighted by Gasteiger charge is 2.07. The van der Waals surface area contributed by atoms with Crippen molar-refractivity contribution in [3.63, 3.8) is 0 Å². The maximum absolute atomic E-state index is 4.31. The van der Waals surface area contributed by atoms with Crippen molar-refractivity contribution in [3.05, 3.63) is 59.3 Å². The van der Waals surface area contributed by atoms with Gasteiger partial charge in [-0.15, -0.1) is 5.10 Å². The molecule has 0 spiro atoms. The van der Waals surface area contributed by atoms with Crippen LogP contribution in [-0.4, -0.2) is 10.2 Å². The van der Waals surface area contributed by atoms with Crippen LogP contribution in [0.5, 0.6) is 0 Å². The van der Waals surface area contributed by atoms with E-state index >= 15 is 0 Å². The summed E-state index contributed by atoms with van der Waals surface area (Å²) in [5, 5.41) is 14.2. The highest BCUT2D eigenvalue weighted by Crippen LogP contribution is 2.27. The SMILES string of the molecule is Cc1ccc(C)c(Nc2nnc(C)c3ccccc23)c1. The Morgan fingerprint density at radius 2 is 1.60 bits per heavy atom. The van der Waals surface area contributed by atoms with Crippen LogP contribution in [0.2, 0.25) is 0 Å². The Hall–Kier alpha value is -2.42. The van der Waals surface area contributed by atoms with E-state index in [2.05, 4.69) is 59.7 Å². The predicted molar refractivity (Wildman–Crippen MR) is 83.5 cm³/mol. The molecule has 1 aromatic heterocycles. The number of aromatic nitrogens is 2. The van der Waals surface area contributed by atoms with Gasteiger partial charge in [0.2, 0.25) is 0 Å². The number of fused-ring (bicyclic) bond motifs is 1. The third kappa shape index (κ3) is 2.23. The molecule has 2 aromatic carbocycles. The highest BCUT2D eigenvalue weighted by molar-refractivity contribution is 5.94. The molecule has 0 unspecified atom stereocenters. The van der Waals surface area contributed by atoms with E-state index in [9.17, 15) is 0 Å². The van der Waals surface area contributed by atoms with Gasteiger partial charge in [-0.05, 0) is 38.0 Å². The Morgan fingerprint density at radius 3 is 2.40 bits per heavy atom. The first-order valence-corrected chi connectivity index (χ1v) is 6.71. The second-order valence-electron chi connectivity index (χ2n) is 5.12. The van der Waals surface area contributed by atoms with Crippen LogP contribution in [0.25, 0.3) is 10.8 Å². The normalized spacial score (nSPS) is 10.8.